The summed E-state index contributed by atoms with van der Waals surface area (Å²) < 4.78 is 0. The third-order valence-corrected chi connectivity index (χ3v) is 5.01. The van der Waals surface area contributed by atoms with Crippen molar-refractivity contribution in [2.24, 2.45) is 5.73 Å². The first-order valence-corrected chi connectivity index (χ1v) is 9.33. The van der Waals surface area contributed by atoms with Gasteiger partial charge in [-0.15, -0.1) is 24.8 Å². The lowest BCUT2D eigenvalue weighted by atomic mass is 9.92. The summed E-state index contributed by atoms with van der Waals surface area (Å²) in [7, 11) is 0. The van der Waals surface area contributed by atoms with Crippen LogP contribution in [0.3, 0.4) is 0 Å². The second kappa shape index (κ2) is 9.99. The molecule has 8 nitrogen and oxygen atoms in total. The fraction of sp³-hybridized carbons (Fsp3) is 0.300. The van der Waals surface area contributed by atoms with Gasteiger partial charge in [-0.2, -0.15) is 0 Å². The van der Waals surface area contributed by atoms with Gasteiger partial charge in [-0.3, -0.25) is 19.3 Å². The van der Waals surface area contributed by atoms with Crippen LogP contribution in [0.15, 0.2) is 35.4 Å². The number of halogens is 2. The second-order valence-electron chi connectivity index (χ2n) is 6.79. The van der Waals surface area contributed by atoms with E-state index in [4.69, 9.17) is 5.73 Å². The van der Waals surface area contributed by atoms with E-state index in [1.165, 1.54) is 11.2 Å². The molecule has 0 aliphatic carbocycles. The quantitative estimate of drug-likeness (QED) is 0.286. The van der Waals surface area contributed by atoms with E-state index in [0.29, 0.717) is 58.9 Å². The normalized spacial score (nSPS) is 12.8. The summed E-state index contributed by atoms with van der Waals surface area (Å²) in [6.45, 7) is 2.43. The SMILES string of the molecule is Cl.Cl.NCCCNCCCN1C(=O)c2cccc3c2c(cc2c(=O)[nH]cnc23)C1=O. The van der Waals surface area contributed by atoms with Crippen LogP contribution >= 0.6 is 24.8 Å². The predicted molar refractivity (Wildman–Crippen MR) is 121 cm³/mol. The Balaban J connectivity index is 0.00000160. The van der Waals surface area contributed by atoms with Crippen molar-refractivity contribution in [2.75, 3.05) is 26.2 Å². The number of carbonyl (C=O) groups is 2. The maximum atomic E-state index is 13.1. The number of nitrogens with zero attached hydrogens (tertiary/aromatic N) is 2. The first-order valence-electron chi connectivity index (χ1n) is 9.33. The third kappa shape index (κ3) is 4.04. The molecule has 0 atom stereocenters. The Kier molecular flexibility index (Phi) is 7.91. The van der Waals surface area contributed by atoms with Crippen molar-refractivity contribution in [1.29, 1.82) is 0 Å². The minimum absolute atomic E-state index is 0. The zero-order valence-corrected chi connectivity index (χ0v) is 17.8. The van der Waals surface area contributed by atoms with Crippen LogP contribution in [-0.2, 0) is 0 Å². The number of hydrogen-bond acceptors (Lipinski definition) is 6. The number of fused-ring (bicyclic) bond motifs is 2. The van der Waals surface area contributed by atoms with Gasteiger partial charge in [0.05, 0.1) is 17.2 Å². The lowest BCUT2D eigenvalue weighted by Crippen LogP contribution is -2.41. The van der Waals surface area contributed by atoms with Gasteiger partial charge in [-0.1, -0.05) is 12.1 Å². The van der Waals surface area contributed by atoms with E-state index < -0.39 is 0 Å². The lowest BCUT2D eigenvalue weighted by Gasteiger charge is -2.27. The Bertz CT molecular complexity index is 1150. The number of carbonyl (C=O) groups excluding carboxylic acids is 2. The van der Waals surface area contributed by atoms with Gasteiger partial charge < -0.3 is 16.0 Å². The van der Waals surface area contributed by atoms with Crippen molar-refractivity contribution in [3.05, 3.63) is 52.1 Å². The average molecular weight is 452 g/mol. The van der Waals surface area contributed by atoms with Crippen molar-refractivity contribution < 1.29 is 9.59 Å². The summed E-state index contributed by atoms with van der Waals surface area (Å²) in [5.41, 5.74) is 6.47. The molecule has 1 aromatic heterocycles. The molecule has 0 bridgehead atoms. The fourth-order valence-corrected chi connectivity index (χ4v) is 3.66. The standard InChI is InChI=1S/C20H21N5O3.2ClH/c21-6-2-7-22-8-3-9-25-19(27)13-5-1-4-12-16(13)14(20(25)28)10-15-17(12)23-11-24-18(15)26;;/h1,4-5,10-11,22H,2-3,6-9,21H2,(H,23,24,26);2*1H. The number of imide groups is 1. The number of rotatable bonds is 7. The maximum Gasteiger partial charge on any atom is 0.261 e. The molecule has 3 aromatic rings. The molecule has 160 valence electrons. The van der Waals surface area contributed by atoms with Crippen LogP contribution in [0.2, 0.25) is 0 Å². The van der Waals surface area contributed by atoms with Crippen LogP contribution in [0.25, 0.3) is 21.7 Å². The molecule has 0 unspecified atom stereocenters. The highest BCUT2D eigenvalue weighted by atomic mass is 35.5. The fourth-order valence-electron chi connectivity index (χ4n) is 3.66. The highest BCUT2D eigenvalue weighted by molar-refractivity contribution is 6.28. The number of H-pyrrole nitrogens is 1. The number of aromatic amines is 1. The van der Waals surface area contributed by atoms with E-state index in [9.17, 15) is 14.4 Å². The second-order valence-corrected chi connectivity index (χ2v) is 6.79. The van der Waals surface area contributed by atoms with Crippen molar-refractivity contribution in [1.82, 2.24) is 20.2 Å². The maximum absolute atomic E-state index is 13.1. The van der Waals surface area contributed by atoms with Gasteiger partial charge in [0.2, 0.25) is 0 Å². The van der Waals surface area contributed by atoms with Crippen molar-refractivity contribution in [3.8, 4) is 0 Å². The third-order valence-electron chi connectivity index (χ3n) is 5.01. The minimum atomic E-state index is -0.374. The van der Waals surface area contributed by atoms with E-state index in [1.807, 2.05) is 0 Å². The number of nitrogens with two attached hydrogens (primary N) is 1. The molecular weight excluding hydrogens is 429 g/mol. The van der Waals surface area contributed by atoms with E-state index in [2.05, 4.69) is 15.3 Å². The number of amides is 2. The molecule has 1 aliphatic heterocycles. The molecule has 0 fully saturated rings. The van der Waals surface area contributed by atoms with Gasteiger partial charge >= 0.3 is 0 Å². The van der Waals surface area contributed by atoms with Crippen LogP contribution in [0.1, 0.15) is 33.6 Å². The van der Waals surface area contributed by atoms with Crippen molar-refractivity contribution in [3.63, 3.8) is 0 Å². The molecule has 30 heavy (non-hydrogen) atoms. The number of benzene rings is 2. The largest absolute Gasteiger partial charge is 0.330 e. The minimum Gasteiger partial charge on any atom is -0.330 e. The van der Waals surface area contributed by atoms with Crippen LogP contribution in [0, 0.1) is 0 Å². The molecule has 2 heterocycles. The molecule has 2 aromatic carbocycles. The zero-order valence-electron chi connectivity index (χ0n) is 16.1. The molecule has 0 spiro atoms. The Hall–Kier alpha value is -2.52. The molecular formula is C20H23Cl2N5O3. The molecule has 0 saturated carbocycles. The first kappa shape index (κ1) is 23.8. The molecule has 2 amide bonds. The summed E-state index contributed by atoms with van der Waals surface area (Å²) in [5.74, 6) is -0.685. The summed E-state index contributed by atoms with van der Waals surface area (Å²) >= 11 is 0. The van der Waals surface area contributed by atoms with Crippen molar-refractivity contribution >= 4 is 58.3 Å². The number of hydrogen-bond donors (Lipinski definition) is 3. The van der Waals surface area contributed by atoms with Crippen LogP contribution in [-0.4, -0.2) is 52.9 Å². The predicted octanol–water partition coefficient (Wildman–Crippen LogP) is 1.84. The number of aromatic nitrogens is 2. The Labute approximate surface area is 185 Å². The van der Waals surface area contributed by atoms with E-state index in [0.717, 1.165) is 13.0 Å². The zero-order chi connectivity index (χ0) is 19.7. The highest BCUT2D eigenvalue weighted by Crippen LogP contribution is 2.33. The van der Waals surface area contributed by atoms with Gasteiger partial charge in [0.15, 0.2) is 0 Å². The highest BCUT2D eigenvalue weighted by Gasteiger charge is 2.33. The molecule has 4 rings (SSSR count). The topological polar surface area (TPSA) is 121 Å². The lowest BCUT2D eigenvalue weighted by molar-refractivity contribution is 0.0609. The van der Waals surface area contributed by atoms with Gasteiger partial charge in [-0.25, -0.2) is 4.98 Å². The van der Waals surface area contributed by atoms with Gasteiger partial charge in [-0.05, 0) is 44.6 Å². The van der Waals surface area contributed by atoms with Crippen LogP contribution in [0.4, 0.5) is 0 Å². The summed E-state index contributed by atoms with van der Waals surface area (Å²) in [4.78, 5) is 46.3. The van der Waals surface area contributed by atoms with Gasteiger partial charge in [0.25, 0.3) is 17.4 Å². The molecule has 0 saturated heterocycles. The van der Waals surface area contributed by atoms with E-state index in [-0.39, 0.29) is 42.2 Å². The molecule has 4 N–H and O–H groups in total. The molecule has 1 aliphatic rings. The molecule has 10 heteroatoms. The Morgan fingerprint density at radius 2 is 1.73 bits per heavy atom. The molecule has 0 radical (unpaired) electrons. The Morgan fingerprint density at radius 3 is 2.50 bits per heavy atom. The van der Waals surface area contributed by atoms with Gasteiger partial charge in [0.1, 0.15) is 0 Å². The Morgan fingerprint density at radius 1 is 1.00 bits per heavy atom. The summed E-state index contributed by atoms with van der Waals surface area (Å²) in [6, 6.07) is 6.80. The van der Waals surface area contributed by atoms with Gasteiger partial charge in [0, 0.05) is 28.4 Å². The van der Waals surface area contributed by atoms with Crippen LogP contribution < -0.4 is 16.6 Å². The van der Waals surface area contributed by atoms with E-state index in [1.54, 1.807) is 24.3 Å². The summed E-state index contributed by atoms with van der Waals surface area (Å²) in [6.07, 6.45) is 2.85. The monoisotopic (exact) mass is 451 g/mol. The summed E-state index contributed by atoms with van der Waals surface area (Å²) in [5, 5.41) is 4.79. The first-order chi connectivity index (χ1) is 13.6. The van der Waals surface area contributed by atoms with E-state index >= 15 is 0 Å². The average Bonchev–Trinajstić information content (AvgIpc) is 2.71. The van der Waals surface area contributed by atoms with Crippen molar-refractivity contribution in [2.45, 2.75) is 12.8 Å². The van der Waals surface area contributed by atoms with Crippen LogP contribution in [0.5, 0.6) is 0 Å². The number of nitrogens with one attached hydrogen (secondary N) is 2. The smallest absolute Gasteiger partial charge is 0.261 e.